The van der Waals surface area contributed by atoms with Gasteiger partial charge in [0.2, 0.25) is 0 Å². The summed E-state index contributed by atoms with van der Waals surface area (Å²) in [5.41, 5.74) is 1.07. The van der Waals surface area contributed by atoms with Crippen LogP contribution in [0, 0.1) is 19.3 Å². The van der Waals surface area contributed by atoms with Crippen molar-refractivity contribution in [2.75, 3.05) is 20.6 Å². The maximum Gasteiger partial charge on any atom is 2.00 e. The van der Waals surface area contributed by atoms with Crippen molar-refractivity contribution in [3.8, 4) is 0 Å². The van der Waals surface area contributed by atoms with Crippen molar-refractivity contribution in [3.63, 3.8) is 0 Å². The van der Waals surface area contributed by atoms with E-state index in [9.17, 15) is 0 Å². The van der Waals surface area contributed by atoms with Crippen LogP contribution in [0.3, 0.4) is 0 Å². The Morgan fingerprint density at radius 2 is 1.89 bits per heavy atom. The van der Waals surface area contributed by atoms with Gasteiger partial charge in [0.25, 0.3) is 0 Å². The number of hydrogen-bond donors (Lipinski definition) is 0. The topological polar surface area (TPSA) is 15.6 Å². The van der Waals surface area contributed by atoms with Crippen LogP contribution in [0.1, 0.15) is 19.3 Å². The molecule has 0 saturated heterocycles. The molecule has 0 heterocycles. The maximum atomic E-state index is 4.60. The van der Waals surface area contributed by atoms with Crippen molar-refractivity contribution in [2.24, 2.45) is 16.8 Å². The SMILES string of the molecule is CN(C)CC1CCCC1C=Nc1ccccc1.[CH3-].[Ni+2]. The summed E-state index contributed by atoms with van der Waals surface area (Å²) in [7, 11) is 4.31. The molecule has 0 amide bonds. The van der Waals surface area contributed by atoms with Gasteiger partial charge in [0.05, 0.1) is 5.69 Å². The second-order valence-electron chi connectivity index (χ2n) is 5.23. The van der Waals surface area contributed by atoms with Crippen LogP contribution < -0.4 is 0 Å². The third-order valence-electron chi connectivity index (χ3n) is 3.49. The monoisotopic (exact) mass is 303 g/mol. The molecule has 3 heteroatoms. The molecule has 1 aromatic rings. The molecule has 1 fully saturated rings. The smallest absolute Gasteiger partial charge is 0.358 e. The first-order chi connectivity index (χ1) is 8.25. The van der Waals surface area contributed by atoms with Crippen molar-refractivity contribution >= 4 is 11.9 Å². The zero-order valence-electron chi connectivity index (χ0n) is 12.2. The first-order valence-electron chi connectivity index (χ1n) is 6.49. The molecule has 0 bridgehead atoms. The molecule has 1 aliphatic carbocycles. The molecule has 0 aromatic heterocycles. The van der Waals surface area contributed by atoms with Gasteiger partial charge in [0, 0.05) is 12.8 Å². The van der Waals surface area contributed by atoms with Crippen LogP contribution in [-0.2, 0) is 16.5 Å². The Kier molecular flexibility index (Phi) is 8.96. The van der Waals surface area contributed by atoms with E-state index in [2.05, 4.69) is 42.3 Å². The molecule has 108 valence electrons. The molecule has 0 radical (unpaired) electrons. The van der Waals surface area contributed by atoms with Gasteiger partial charge in [-0.2, -0.15) is 0 Å². The molecule has 0 aliphatic heterocycles. The average molecular weight is 304 g/mol. The molecular formula is C16H25N2Ni+. The standard InChI is InChI=1S/C15H22N2.CH3.Ni/c1-17(2)12-14-8-6-7-13(14)11-16-15-9-4-3-5-10-15;;/h3-5,9-11,13-14H,6-8,12H2,1-2H3;1H3;/q;-1;+2. The summed E-state index contributed by atoms with van der Waals surface area (Å²) in [5, 5.41) is 0. The van der Waals surface area contributed by atoms with Crippen LogP contribution in [0.5, 0.6) is 0 Å². The predicted octanol–water partition coefficient (Wildman–Crippen LogP) is 3.81. The summed E-state index contributed by atoms with van der Waals surface area (Å²) >= 11 is 0. The zero-order valence-corrected chi connectivity index (χ0v) is 13.1. The predicted molar refractivity (Wildman–Crippen MR) is 80.4 cm³/mol. The summed E-state index contributed by atoms with van der Waals surface area (Å²) in [5.74, 6) is 1.45. The van der Waals surface area contributed by atoms with Gasteiger partial charge >= 0.3 is 16.5 Å². The second-order valence-corrected chi connectivity index (χ2v) is 5.23. The van der Waals surface area contributed by atoms with E-state index in [1.807, 2.05) is 18.2 Å². The summed E-state index contributed by atoms with van der Waals surface area (Å²) < 4.78 is 0. The number of para-hydroxylation sites is 1. The fourth-order valence-electron chi connectivity index (χ4n) is 2.65. The first kappa shape index (κ1) is 18.3. The molecule has 2 nitrogen and oxygen atoms in total. The van der Waals surface area contributed by atoms with Crippen molar-refractivity contribution in [1.29, 1.82) is 0 Å². The Morgan fingerprint density at radius 3 is 2.53 bits per heavy atom. The minimum absolute atomic E-state index is 0. The van der Waals surface area contributed by atoms with Crippen LogP contribution in [0.15, 0.2) is 35.3 Å². The minimum Gasteiger partial charge on any atom is -0.358 e. The molecule has 0 spiro atoms. The van der Waals surface area contributed by atoms with Crippen LogP contribution >= 0.6 is 0 Å². The van der Waals surface area contributed by atoms with Gasteiger partial charge in [-0.15, -0.1) is 0 Å². The van der Waals surface area contributed by atoms with Gasteiger partial charge in [0.15, 0.2) is 0 Å². The van der Waals surface area contributed by atoms with Gasteiger partial charge in [-0.1, -0.05) is 24.6 Å². The van der Waals surface area contributed by atoms with E-state index in [0.29, 0.717) is 5.92 Å². The minimum atomic E-state index is 0. The Hall–Kier alpha value is -0.656. The second kappa shape index (κ2) is 9.28. The molecule has 2 rings (SSSR count). The first-order valence-corrected chi connectivity index (χ1v) is 6.49. The van der Waals surface area contributed by atoms with Crippen LogP contribution in [-0.4, -0.2) is 31.8 Å². The quantitative estimate of drug-likeness (QED) is 0.469. The molecule has 2 atom stereocenters. The van der Waals surface area contributed by atoms with Gasteiger partial charge in [-0.25, -0.2) is 0 Å². The van der Waals surface area contributed by atoms with E-state index in [1.54, 1.807) is 0 Å². The van der Waals surface area contributed by atoms with Crippen LogP contribution in [0.25, 0.3) is 0 Å². The number of benzene rings is 1. The fraction of sp³-hybridized carbons (Fsp3) is 0.500. The molecule has 19 heavy (non-hydrogen) atoms. The van der Waals surface area contributed by atoms with Gasteiger partial charge < -0.3 is 12.3 Å². The summed E-state index contributed by atoms with van der Waals surface area (Å²) in [6.45, 7) is 1.19. The van der Waals surface area contributed by atoms with Gasteiger partial charge in [-0.3, -0.25) is 4.99 Å². The molecular weight excluding hydrogens is 279 g/mol. The number of nitrogens with zero attached hydrogens (tertiary/aromatic N) is 2. The van der Waals surface area contributed by atoms with E-state index >= 15 is 0 Å². The van der Waals surface area contributed by atoms with Gasteiger partial charge in [0.1, 0.15) is 0 Å². The molecule has 0 N–H and O–H groups in total. The van der Waals surface area contributed by atoms with E-state index in [4.69, 9.17) is 0 Å². The third-order valence-corrected chi connectivity index (χ3v) is 3.49. The van der Waals surface area contributed by atoms with E-state index in [-0.39, 0.29) is 23.9 Å². The fourth-order valence-corrected chi connectivity index (χ4v) is 2.65. The van der Waals surface area contributed by atoms with Crippen LogP contribution in [0.2, 0.25) is 0 Å². The average Bonchev–Trinajstić information content (AvgIpc) is 2.74. The summed E-state index contributed by atoms with van der Waals surface area (Å²) in [6, 6.07) is 10.2. The zero-order chi connectivity index (χ0) is 12.1. The molecule has 1 aromatic carbocycles. The Morgan fingerprint density at radius 1 is 1.21 bits per heavy atom. The van der Waals surface area contributed by atoms with Crippen molar-refractivity contribution in [1.82, 2.24) is 4.90 Å². The van der Waals surface area contributed by atoms with E-state index in [1.165, 1.54) is 25.8 Å². The van der Waals surface area contributed by atoms with Crippen molar-refractivity contribution < 1.29 is 16.5 Å². The summed E-state index contributed by atoms with van der Waals surface area (Å²) in [4.78, 5) is 6.89. The Labute approximate surface area is 128 Å². The molecule has 1 aliphatic rings. The third kappa shape index (κ3) is 5.88. The van der Waals surface area contributed by atoms with Crippen LogP contribution in [0.4, 0.5) is 5.69 Å². The van der Waals surface area contributed by atoms with E-state index < -0.39 is 0 Å². The Balaban J connectivity index is 0.00000162. The van der Waals surface area contributed by atoms with Crippen molar-refractivity contribution in [3.05, 3.63) is 37.8 Å². The normalized spacial score (nSPS) is 22.3. The molecule has 2 unspecified atom stereocenters. The number of rotatable bonds is 4. The van der Waals surface area contributed by atoms with E-state index in [0.717, 1.165) is 11.6 Å². The number of aliphatic imine (C=N–C) groups is 1. The number of hydrogen-bond acceptors (Lipinski definition) is 2. The van der Waals surface area contributed by atoms with Gasteiger partial charge in [-0.05, 0) is 50.9 Å². The summed E-state index contributed by atoms with van der Waals surface area (Å²) in [6.07, 6.45) is 6.18. The molecule has 1 saturated carbocycles. The maximum absolute atomic E-state index is 4.60. The Bertz CT molecular complexity index is 362. The largest absolute Gasteiger partial charge is 2.00 e. The van der Waals surface area contributed by atoms with Crippen molar-refractivity contribution in [2.45, 2.75) is 19.3 Å².